The van der Waals surface area contributed by atoms with Crippen LogP contribution >= 0.6 is 0 Å². The molecule has 0 bridgehead atoms. The maximum Gasteiger partial charge on any atom is 0.310 e. The molecule has 0 aromatic rings. The minimum atomic E-state index is -0.401. The van der Waals surface area contributed by atoms with E-state index >= 15 is 0 Å². The number of ether oxygens (including phenoxy) is 2. The van der Waals surface area contributed by atoms with E-state index in [9.17, 15) is 9.59 Å². The Morgan fingerprint density at radius 1 is 1.50 bits per heavy atom. The normalized spacial score (nSPS) is 26.1. The molecule has 0 spiro atoms. The average Bonchev–Trinajstić information content (AvgIpc) is 2.32. The van der Waals surface area contributed by atoms with Gasteiger partial charge in [0.1, 0.15) is 11.9 Å². The molecule has 1 aliphatic carbocycles. The number of hydrogen-bond donors (Lipinski definition) is 2. The minimum absolute atomic E-state index is 0.0269. The first-order valence-corrected chi connectivity index (χ1v) is 6.93. The van der Waals surface area contributed by atoms with Gasteiger partial charge in [-0.15, -0.1) is 0 Å². The second kappa shape index (κ2) is 7.40. The van der Waals surface area contributed by atoms with E-state index < -0.39 is 6.10 Å². The summed E-state index contributed by atoms with van der Waals surface area (Å²) in [6.07, 6.45) is 2.01. The Hall–Kier alpha value is -1.40. The SMILES string of the molecule is CCC(=O)OC1=CC(OC(C)C)C(NC(C)=O)C(N)C1. The summed E-state index contributed by atoms with van der Waals surface area (Å²) < 4.78 is 11.0. The van der Waals surface area contributed by atoms with E-state index in [-0.39, 0.29) is 30.1 Å². The summed E-state index contributed by atoms with van der Waals surface area (Å²) in [5, 5.41) is 2.80. The summed E-state index contributed by atoms with van der Waals surface area (Å²) >= 11 is 0. The van der Waals surface area contributed by atoms with Gasteiger partial charge in [-0.3, -0.25) is 9.59 Å². The molecule has 1 aliphatic rings. The van der Waals surface area contributed by atoms with Gasteiger partial charge in [0, 0.05) is 25.8 Å². The predicted octanol–water partition coefficient (Wildman–Crippen LogP) is 0.853. The molecule has 3 atom stereocenters. The highest BCUT2D eigenvalue weighted by atomic mass is 16.5. The number of hydrogen-bond acceptors (Lipinski definition) is 5. The fraction of sp³-hybridized carbons (Fsp3) is 0.714. The number of esters is 1. The zero-order valence-electron chi connectivity index (χ0n) is 12.5. The van der Waals surface area contributed by atoms with Gasteiger partial charge in [0.15, 0.2) is 0 Å². The quantitative estimate of drug-likeness (QED) is 0.730. The van der Waals surface area contributed by atoms with E-state index in [2.05, 4.69) is 5.32 Å². The molecule has 6 nitrogen and oxygen atoms in total. The summed E-state index contributed by atoms with van der Waals surface area (Å²) in [5.74, 6) is 0.0477. The third-order valence-electron chi connectivity index (χ3n) is 2.94. The van der Waals surface area contributed by atoms with Crippen LogP contribution in [0.2, 0.25) is 0 Å². The Bertz CT molecular complexity index is 393. The number of carbonyl (C=O) groups is 2. The molecule has 0 aromatic carbocycles. The van der Waals surface area contributed by atoms with Crippen molar-refractivity contribution in [2.75, 3.05) is 0 Å². The molecule has 114 valence electrons. The van der Waals surface area contributed by atoms with E-state index in [0.717, 1.165) is 0 Å². The third kappa shape index (κ3) is 4.94. The first-order valence-electron chi connectivity index (χ1n) is 6.93. The van der Waals surface area contributed by atoms with Crippen LogP contribution in [0.5, 0.6) is 0 Å². The van der Waals surface area contributed by atoms with Gasteiger partial charge >= 0.3 is 5.97 Å². The van der Waals surface area contributed by atoms with Crippen molar-refractivity contribution in [1.82, 2.24) is 5.32 Å². The van der Waals surface area contributed by atoms with Crippen LogP contribution in [0.25, 0.3) is 0 Å². The lowest BCUT2D eigenvalue weighted by Crippen LogP contribution is -2.56. The molecule has 0 saturated heterocycles. The second-order valence-electron chi connectivity index (χ2n) is 5.20. The lowest BCUT2D eigenvalue weighted by Gasteiger charge is -2.35. The molecule has 6 heteroatoms. The lowest BCUT2D eigenvalue weighted by molar-refractivity contribution is -0.140. The Kier molecular flexibility index (Phi) is 6.16. The van der Waals surface area contributed by atoms with E-state index in [4.69, 9.17) is 15.2 Å². The van der Waals surface area contributed by atoms with Gasteiger partial charge in [-0.25, -0.2) is 0 Å². The molecule has 3 unspecified atom stereocenters. The lowest BCUT2D eigenvalue weighted by atomic mass is 9.92. The summed E-state index contributed by atoms with van der Waals surface area (Å²) in [5.41, 5.74) is 6.07. The second-order valence-corrected chi connectivity index (χ2v) is 5.20. The number of carbonyl (C=O) groups excluding carboxylic acids is 2. The number of nitrogens with two attached hydrogens (primary N) is 1. The smallest absolute Gasteiger partial charge is 0.310 e. The van der Waals surface area contributed by atoms with Crippen LogP contribution in [0.15, 0.2) is 11.8 Å². The Balaban J connectivity index is 2.88. The highest BCUT2D eigenvalue weighted by Gasteiger charge is 2.34. The highest BCUT2D eigenvalue weighted by molar-refractivity contribution is 5.73. The molecular weight excluding hydrogens is 260 g/mol. The number of amides is 1. The van der Waals surface area contributed by atoms with Crippen molar-refractivity contribution < 1.29 is 19.1 Å². The first kappa shape index (κ1) is 16.7. The fourth-order valence-electron chi connectivity index (χ4n) is 2.11. The Morgan fingerprint density at radius 3 is 2.65 bits per heavy atom. The molecule has 0 radical (unpaired) electrons. The van der Waals surface area contributed by atoms with Crippen molar-refractivity contribution in [2.24, 2.45) is 5.73 Å². The highest BCUT2D eigenvalue weighted by Crippen LogP contribution is 2.23. The van der Waals surface area contributed by atoms with Gasteiger partial charge in [0.25, 0.3) is 0 Å². The van der Waals surface area contributed by atoms with E-state index in [1.54, 1.807) is 13.0 Å². The van der Waals surface area contributed by atoms with Gasteiger partial charge in [-0.2, -0.15) is 0 Å². The van der Waals surface area contributed by atoms with Gasteiger partial charge in [0.05, 0.1) is 12.1 Å². The molecule has 0 fully saturated rings. The van der Waals surface area contributed by atoms with Crippen LogP contribution in [-0.4, -0.2) is 36.2 Å². The molecule has 20 heavy (non-hydrogen) atoms. The summed E-state index contributed by atoms with van der Waals surface area (Å²) in [6.45, 7) is 6.97. The summed E-state index contributed by atoms with van der Waals surface area (Å²) in [7, 11) is 0. The van der Waals surface area contributed by atoms with E-state index in [1.807, 2.05) is 13.8 Å². The molecule has 0 heterocycles. The van der Waals surface area contributed by atoms with E-state index in [0.29, 0.717) is 18.6 Å². The average molecular weight is 284 g/mol. The van der Waals surface area contributed by atoms with Gasteiger partial charge in [0.2, 0.25) is 5.91 Å². The predicted molar refractivity (Wildman–Crippen MR) is 74.7 cm³/mol. The zero-order chi connectivity index (χ0) is 15.3. The van der Waals surface area contributed by atoms with Crippen molar-refractivity contribution >= 4 is 11.9 Å². The van der Waals surface area contributed by atoms with Crippen LogP contribution in [0, 0.1) is 0 Å². The maximum atomic E-state index is 11.4. The van der Waals surface area contributed by atoms with Gasteiger partial charge in [-0.05, 0) is 19.9 Å². The van der Waals surface area contributed by atoms with Crippen molar-refractivity contribution in [3.05, 3.63) is 11.8 Å². The first-order chi connectivity index (χ1) is 9.33. The molecule has 0 aliphatic heterocycles. The molecule has 3 N–H and O–H groups in total. The van der Waals surface area contributed by atoms with Crippen LogP contribution in [0.3, 0.4) is 0 Å². The van der Waals surface area contributed by atoms with E-state index in [1.165, 1.54) is 6.92 Å². The van der Waals surface area contributed by atoms with Crippen molar-refractivity contribution in [1.29, 1.82) is 0 Å². The Morgan fingerprint density at radius 2 is 2.15 bits per heavy atom. The Labute approximate surface area is 119 Å². The monoisotopic (exact) mass is 284 g/mol. The molecule has 0 aromatic heterocycles. The standard InChI is InChI=1S/C14H24N2O4/c1-5-13(18)20-10-6-11(15)14(16-9(4)17)12(7-10)19-8(2)3/h7-8,11-12,14H,5-6,15H2,1-4H3,(H,16,17). The molecule has 0 saturated carbocycles. The van der Waals surface area contributed by atoms with Gasteiger partial charge < -0.3 is 20.5 Å². The van der Waals surface area contributed by atoms with Gasteiger partial charge in [-0.1, -0.05) is 6.92 Å². The van der Waals surface area contributed by atoms with Crippen LogP contribution in [-0.2, 0) is 19.1 Å². The van der Waals surface area contributed by atoms with Crippen molar-refractivity contribution in [3.8, 4) is 0 Å². The fourth-order valence-corrected chi connectivity index (χ4v) is 2.11. The van der Waals surface area contributed by atoms with Crippen molar-refractivity contribution in [3.63, 3.8) is 0 Å². The van der Waals surface area contributed by atoms with Crippen LogP contribution < -0.4 is 11.1 Å². The summed E-state index contributed by atoms with van der Waals surface area (Å²) in [4.78, 5) is 22.6. The number of nitrogens with one attached hydrogen (secondary N) is 1. The zero-order valence-corrected chi connectivity index (χ0v) is 12.5. The maximum absolute atomic E-state index is 11.4. The third-order valence-corrected chi connectivity index (χ3v) is 2.94. The van der Waals surface area contributed by atoms with Crippen LogP contribution in [0.4, 0.5) is 0 Å². The van der Waals surface area contributed by atoms with Crippen LogP contribution in [0.1, 0.15) is 40.5 Å². The molecular formula is C14H24N2O4. The minimum Gasteiger partial charge on any atom is -0.431 e. The topological polar surface area (TPSA) is 90.6 Å². The molecule has 1 rings (SSSR count). The number of rotatable bonds is 5. The summed E-state index contributed by atoms with van der Waals surface area (Å²) in [6, 6.07) is -0.675. The van der Waals surface area contributed by atoms with Crippen molar-refractivity contribution in [2.45, 2.75) is 64.8 Å². The molecule has 1 amide bonds. The largest absolute Gasteiger partial charge is 0.431 e.